The second kappa shape index (κ2) is 8.91. The van der Waals surface area contributed by atoms with Crippen molar-refractivity contribution in [1.82, 2.24) is 9.55 Å². The minimum absolute atomic E-state index is 0.188. The van der Waals surface area contributed by atoms with E-state index in [1.165, 1.54) is 3.71 Å². The molecule has 0 aliphatic rings. The zero-order valence-electron chi connectivity index (χ0n) is 19.4. The summed E-state index contributed by atoms with van der Waals surface area (Å²) in [6.07, 6.45) is 0.762. The van der Waals surface area contributed by atoms with Crippen LogP contribution in [0.15, 0.2) is 60.7 Å². The number of aryl methyl sites for hydroxylation is 1. The van der Waals surface area contributed by atoms with E-state index in [-0.39, 0.29) is 20.9 Å². The number of hydrogen-bond acceptors (Lipinski definition) is 2. The van der Waals surface area contributed by atoms with Gasteiger partial charge < -0.3 is 0 Å². The summed E-state index contributed by atoms with van der Waals surface area (Å²) in [4.78, 5) is 7.00. The molecule has 4 rings (SSSR count). The van der Waals surface area contributed by atoms with Crippen molar-refractivity contribution >= 4 is 42.3 Å². The molecule has 31 heavy (non-hydrogen) atoms. The van der Waals surface area contributed by atoms with Gasteiger partial charge in [-0.1, -0.05) is 30.3 Å². The first kappa shape index (κ1) is 21.0. The van der Waals surface area contributed by atoms with E-state index in [9.17, 15) is 0 Å². The second-order valence-corrected chi connectivity index (χ2v) is 23.4. The molecule has 1 unspecified atom stereocenters. The van der Waals surface area contributed by atoms with E-state index in [1.807, 2.05) is 36.4 Å². The molecule has 6 heteroatoms. The van der Waals surface area contributed by atoms with Gasteiger partial charge in [-0.2, -0.15) is 0 Å². The Kier molecular flexibility index (Phi) is 6.03. The van der Waals surface area contributed by atoms with Gasteiger partial charge in [0.05, 0.1) is 0 Å². The fourth-order valence-electron chi connectivity index (χ4n) is 3.84. The molecule has 0 fully saturated rings. The molecule has 0 saturated heterocycles. The maximum absolute atomic E-state index is 15.0. The third kappa shape index (κ3) is 4.65. The van der Waals surface area contributed by atoms with E-state index >= 15 is 4.39 Å². The number of halogens is 1. The Labute approximate surface area is 191 Å². The van der Waals surface area contributed by atoms with Gasteiger partial charge >= 0.3 is 161 Å². The molecule has 1 atom stereocenters. The summed E-state index contributed by atoms with van der Waals surface area (Å²) in [5.74, 6) is -0.0898. The Morgan fingerprint density at radius 3 is 2.55 bits per heavy atom. The topological polar surface area (TPSA) is 27.1 Å². The normalized spacial score (nSPS) is 12.6. The SMILES string of the molecule is [3H]Pn1n[c]([Sn]([CH3])([CH3])[CH3])c2ccc(-c3cc(F)c(OCc4ccccc4)cc3CC)cc21. The third-order valence-electron chi connectivity index (χ3n) is 5.48. The van der Waals surface area contributed by atoms with Crippen LogP contribution in [-0.2, 0) is 13.0 Å². The second-order valence-electron chi connectivity index (χ2n) is 8.81. The Balaban J connectivity index is 1.73. The number of fused-ring (bicyclic) bond motifs is 1. The van der Waals surface area contributed by atoms with Gasteiger partial charge in [-0.3, -0.25) is 0 Å². The van der Waals surface area contributed by atoms with E-state index < -0.39 is 18.4 Å². The maximum atomic E-state index is 15.0. The quantitative estimate of drug-likeness (QED) is 0.206. The van der Waals surface area contributed by atoms with Crippen LogP contribution in [0.1, 0.15) is 18.1 Å². The minimum atomic E-state index is -2.43. The summed E-state index contributed by atoms with van der Waals surface area (Å²) in [5, 5.41) is 5.92. The van der Waals surface area contributed by atoms with Crippen LogP contribution < -0.4 is 8.45 Å². The first-order chi connectivity index (χ1) is 15.3. The van der Waals surface area contributed by atoms with Crippen LogP contribution in [0.4, 0.5) is 4.39 Å². The first-order valence-electron chi connectivity index (χ1n) is 11.0. The molecule has 0 aliphatic heterocycles. The van der Waals surface area contributed by atoms with Crippen LogP contribution in [0.25, 0.3) is 22.0 Å². The molecule has 160 valence electrons. The van der Waals surface area contributed by atoms with Gasteiger partial charge in [0.2, 0.25) is 0 Å². The Bertz CT molecular complexity index is 1250. The average molecular weight is 543 g/mol. The van der Waals surface area contributed by atoms with Crippen molar-refractivity contribution in [3.63, 3.8) is 0 Å². The van der Waals surface area contributed by atoms with Crippen LogP contribution >= 0.6 is 9.34 Å². The van der Waals surface area contributed by atoms with Crippen LogP contribution in [0, 0.1) is 5.82 Å². The number of ether oxygens (including phenoxy) is 1. The van der Waals surface area contributed by atoms with Crippen molar-refractivity contribution in [2.75, 3.05) is 0 Å². The van der Waals surface area contributed by atoms with Gasteiger partial charge in [0.1, 0.15) is 0 Å². The summed E-state index contributed by atoms with van der Waals surface area (Å²) < 4.78 is 31.7. The predicted octanol–water partition coefficient (Wildman–Crippen LogP) is 6.17. The summed E-state index contributed by atoms with van der Waals surface area (Å²) in [6.45, 7) is 2.40. The predicted molar refractivity (Wildman–Crippen MR) is 133 cm³/mol. The molecule has 0 saturated carbocycles. The Morgan fingerprint density at radius 2 is 1.87 bits per heavy atom. The van der Waals surface area contributed by atoms with E-state index in [0.717, 1.165) is 39.6 Å². The number of hydrogen-bond donors (Lipinski definition) is 0. The molecule has 4 aromatic rings. The molecule has 0 aliphatic carbocycles. The van der Waals surface area contributed by atoms with Gasteiger partial charge in [-0.25, -0.2) is 0 Å². The van der Waals surface area contributed by atoms with Crippen molar-refractivity contribution in [2.24, 2.45) is 0 Å². The molecular formula is C25H28FN2OPSn. The van der Waals surface area contributed by atoms with Gasteiger partial charge in [0.15, 0.2) is 0 Å². The molecule has 3 aromatic carbocycles. The van der Waals surface area contributed by atoms with E-state index in [2.05, 4.69) is 39.9 Å². The molecule has 0 N–H and O–H groups in total. The van der Waals surface area contributed by atoms with Crippen molar-refractivity contribution in [3.8, 4) is 16.9 Å². The third-order valence-corrected chi connectivity index (χ3v) is 10.9. The zero-order valence-corrected chi connectivity index (χ0v) is 22.2. The average Bonchev–Trinajstić information content (AvgIpc) is 3.17. The number of aromatic nitrogens is 2. The molecule has 0 spiro atoms. The number of benzene rings is 3. The standard InChI is InChI=1S/C22H19FN2OP.3CH3.Sn/c1-2-16-11-22(26-14-15-6-4-3-5-7-15)20(23)12-19(16)17-8-9-18-13-24-25(27)21(18)10-17;;;;/h3-12H,2,14,27H2,1H3;3*1H3;/i27T;;;;. The summed E-state index contributed by atoms with van der Waals surface area (Å²) in [7, 11) is -0.188. The molecule has 0 bridgehead atoms. The van der Waals surface area contributed by atoms with Gasteiger partial charge in [-0.15, -0.1) is 0 Å². The van der Waals surface area contributed by atoms with E-state index in [4.69, 9.17) is 11.1 Å². The summed E-state index contributed by atoms with van der Waals surface area (Å²) >= 11 is -2.43. The number of rotatable bonds is 7. The molecule has 3 nitrogen and oxygen atoms in total. The molecule has 1 heterocycles. The number of nitrogens with zero attached hydrogens (tertiary/aromatic N) is 2. The first-order valence-corrected chi connectivity index (χ1v) is 21.0. The molecule has 0 amide bonds. The van der Waals surface area contributed by atoms with E-state index in [1.54, 1.807) is 10.5 Å². The fraction of sp³-hybridized carbons (Fsp3) is 0.240. The molecule has 0 radical (unpaired) electrons. The fourth-order valence-corrected chi connectivity index (χ4v) is 8.46. The van der Waals surface area contributed by atoms with E-state index in [0.29, 0.717) is 6.61 Å². The molecular weight excluding hydrogens is 513 g/mol. The summed E-state index contributed by atoms with van der Waals surface area (Å²) in [5.41, 5.74) is 4.80. The van der Waals surface area contributed by atoms with Crippen molar-refractivity contribution in [3.05, 3.63) is 77.6 Å². The van der Waals surface area contributed by atoms with Gasteiger partial charge in [0, 0.05) is 0 Å². The van der Waals surface area contributed by atoms with Crippen LogP contribution in [-0.4, -0.2) is 29.2 Å². The zero-order chi connectivity index (χ0) is 22.9. The van der Waals surface area contributed by atoms with Gasteiger partial charge in [-0.05, 0) is 0 Å². The van der Waals surface area contributed by atoms with Gasteiger partial charge in [0.25, 0.3) is 0 Å². The van der Waals surface area contributed by atoms with Crippen molar-refractivity contribution in [2.45, 2.75) is 34.8 Å². The monoisotopic (exact) mass is 544 g/mol. The Morgan fingerprint density at radius 1 is 1.10 bits per heavy atom. The summed E-state index contributed by atoms with van der Waals surface area (Å²) in [6, 6.07) is 19.4. The van der Waals surface area contributed by atoms with Crippen LogP contribution in [0.5, 0.6) is 5.75 Å². The molecule has 1 aromatic heterocycles. The Hall–Kier alpha value is -1.91. The van der Waals surface area contributed by atoms with Crippen molar-refractivity contribution in [1.29, 1.82) is 1.28 Å². The van der Waals surface area contributed by atoms with Crippen LogP contribution in [0.2, 0.25) is 14.8 Å². The van der Waals surface area contributed by atoms with Crippen LogP contribution in [0.3, 0.4) is 0 Å². The van der Waals surface area contributed by atoms with Crippen molar-refractivity contribution < 1.29 is 9.13 Å².